The van der Waals surface area contributed by atoms with Gasteiger partial charge in [-0.2, -0.15) is 0 Å². The lowest BCUT2D eigenvalue weighted by atomic mass is 10.1. The summed E-state index contributed by atoms with van der Waals surface area (Å²) >= 11 is 0. The Morgan fingerprint density at radius 1 is 1.42 bits per heavy atom. The molecule has 3 N–H and O–H groups in total. The average Bonchev–Trinajstić information content (AvgIpc) is 3.38. The molecule has 0 aromatic heterocycles. The molecule has 132 valence electrons. The molecule has 1 heterocycles. The summed E-state index contributed by atoms with van der Waals surface area (Å²) in [5.74, 6) is 1.04. The number of halogens is 1. The van der Waals surface area contributed by atoms with Crippen LogP contribution in [0.15, 0.2) is 24.3 Å². The van der Waals surface area contributed by atoms with Crippen LogP contribution in [0.4, 0.5) is 5.69 Å². The fourth-order valence-corrected chi connectivity index (χ4v) is 2.81. The second-order valence-electron chi connectivity index (χ2n) is 6.27. The number of carbonyl (C=O) groups is 2. The van der Waals surface area contributed by atoms with Crippen molar-refractivity contribution in [1.82, 2.24) is 5.32 Å². The van der Waals surface area contributed by atoms with E-state index in [1.165, 1.54) is 0 Å². The first kappa shape index (κ1) is 18.5. The van der Waals surface area contributed by atoms with Crippen LogP contribution in [-0.4, -0.2) is 37.0 Å². The minimum Gasteiger partial charge on any atom is -0.479 e. The molecule has 0 bridgehead atoms. The first-order valence-electron chi connectivity index (χ1n) is 8.15. The van der Waals surface area contributed by atoms with Gasteiger partial charge in [0.15, 0.2) is 6.10 Å². The first-order valence-corrected chi connectivity index (χ1v) is 8.15. The van der Waals surface area contributed by atoms with Crippen LogP contribution in [0.3, 0.4) is 0 Å². The van der Waals surface area contributed by atoms with Crippen LogP contribution in [-0.2, 0) is 9.59 Å². The lowest BCUT2D eigenvalue weighted by Crippen LogP contribution is -2.46. The largest absolute Gasteiger partial charge is 0.479 e. The number of fused-ring (bicyclic) bond motifs is 1. The molecule has 0 spiro atoms. The molecule has 6 nitrogen and oxygen atoms in total. The Kier molecular flexibility index (Phi) is 6.07. The van der Waals surface area contributed by atoms with Gasteiger partial charge in [0, 0.05) is 25.6 Å². The monoisotopic (exact) mass is 353 g/mol. The van der Waals surface area contributed by atoms with E-state index in [2.05, 4.69) is 5.32 Å². The van der Waals surface area contributed by atoms with E-state index in [0.29, 0.717) is 24.8 Å². The number of carbonyl (C=O) groups excluding carboxylic acids is 2. The summed E-state index contributed by atoms with van der Waals surface area (Å²) in [5, 5.41) is 2.86. The zero-order valence-electron chi connectivity index (χ0n) is 13.7. The van der Waals surface area contributed by atoms with Crippen molar-refractivity contribution in [1.29, 1.82) is 0 Å². The quantitative estimate of drug-likeness (QED) is 0.811. The molecule has 1 fully saturated rings. The van der Waals surface area contributed by atoms with Crippen molar-refractivity contribution in [3.05, 3.63) is 24.3 Å². The van der Waals surface area contributed by atoms with E-state index in [1.54, 1.807) is 11.8 Å². The number of hydrogen-bond donors (Lipinski definition) is 2. The van der Waals surface area contributed by atoms with E-state index >= 15 is 0 Å². The van der Waals surface area contributed by atoms with Gasteiger partial charge in [0.05, 0.1) is 5.69 Å². The van der Waals surface area contributed by atoms with Crippen molar-refractivity contribution in [3.8, 4) is 5.75 Å². The Morgan fingerprint density at radius 3 is 2.83 bits per heavy atom. The number of ether oxygens (including phenoxy) is 1. The number of para-hydroxylation sites is 2. The molecule has 1 aromatic rings. The number of nitrogens with two attached hydrogens (primary N) is 1. The molecule has 24 heavy (non-hydrogen) atoms. The first-order chi connectivity index (χ1) is 11.1. The van der Waals surface area contributed by atoms with Crippen molar-refractivity contribution in [2.75, 3.05) is 18.0 Å². The van der Waals surface area contributed by atoms with Gasteiger partial charge in [-0.3, -0.25) is 9.59 Å². The van der Waals surface area contributed by atoms with Crippen LogP contribution in [0, 0.1) is 5.92 Å². The second-order valence-corrected chi connectivity index (χ2v) is 6.27. The molecule has 2 amide bonds. The second kappa shape index (κ2) is 7.85. The molecule has 7 heteroatoms. The number of anilines is 1. The highest BCUT2D eigenvalue weighted by Crippen LogP contribution is 2.33. The van der Waals surface area contributed by atoms with E-state index in [0.717, 1.165) is 18.5 Å². The molecule has 2 aliphatic rings. The summed E-state index contributed by atoms with van der Waals surface area (Å²) in [7, 11) is 0. The maximum atomic E-state index is 12.3. The summed E-state index contributed by atoms with van der Waals surface area (Å²) in [4.78, 5) is 25.9. The van der Waals surface area contributed by atoms with Gasteiger partial charge in [0.1, 0.15) is 5.75 Å². The third kappa shape index (κ3) is 4.19. The Balaban J connectivity index is 0.00000208. The van der Waals surface area contributed by atoms with Crippen molar-refractivity contribution >= 4 is 29.9 Å². The van der Waals surface area contributed by atoms with Crippen LogP contribution in [0.25, 0.3) is 0 Å². The van der Waals surface area contributed by atoms with Crippen molar-refractivity contribution in [2.24, 2.45) is 11.7 Å². The molecule has 2 atom stereocenters. The highest BCUT2D eigenvalue weighted by atomic mass is 35.5. The third-order valence-electron chi connectivity index (χ3n) is 4.40. The minimum absolute atomic E-state index is 0. The number of hydrogen-bond acceptors (Lipinski definition) is 4. The molecule has 0 saturated heterocycles. The molecule has 0 radical (unpaired) electrons. The van der Waals surface area contributed by atoms with Crippen molar-refractivity contribution < 1.29 is 14.3 Å². The van der Waals surface area contributed by atoms with Crippen LogP contribution in [0.5, 0.6) is 5.75 Å². The number of nitrogens with one attached hydrogen (secondary N) is 1. The van der Waals surface area contributed by atoms with Gasteiger partial charge >= 0.3 is 0 Å². The summed E-state index contributed by atoms with van der Waals surface area (Å²) in [6.07, 6.45) is 2.04. The summed E-state index contributed by atoms with van der Waals surface area (Å²) in [6, 6.07) is 7.43. The maximum Gasteiger partial charge on any atom is 0.267 e. The fraction of sp³-hybridized carbons (Fsp3) is 0.529. The molecule has 1 aliphatic heterocycles. The lowest BCUT2D eigenvalue weighted by Gasteiger charge is -2.32. The van der Waals surface area contributed by atoms with Crippen LogP contribution in [0.1, 0.15) is 26.2 Å². The lowest BCUT2D eigenvalue weighted by molar-refractivity contribution is -0.125. The maximum absolute atomic E-state index is 12.3. The van der Waals surface area contributed by atoms with E-state index in [9.17, 15) is 9.59 Å². The summed E-state index contributed by atoms with van der Waals surface area (Å²) in [5.41, 5.74) is 6.69. The number of rotatable bonds is 6. The molecular weight excluding hydrogens is 330 g/mol. The van der Waals surface area contributed by atoms with Gasteiger partial charge in [-0.15, -0.1) is 12.4 Å². The molecular formula is C17H24ClN3O3. The Morgan fingerprint density at radius 2 is 2.12 bits per heavy atom. The Bertz CT molecular complexity index is 606. The van der Waals surface area contributed by atoms with Gasteiger partial charge < -0.3 is 20.7 Å². The van der Waals surface area contributed by atoms with Crippen LogP contribution >= 0.6 is 12.4 Å². The molecule has 1 aliphatic carbocycles. The smallest absolute Gasteiger partial charge is 0.267 e. The number of nitrogens with zero attached hydrogens (tertiary/aromatic N) is 1. The number of benzene rings is 1. The van der Waals surface area contributed by atoms with Gasteiger partial charge in [-0.1, -0.05) is 12.1 Å². The predicted octanol–water partition coefficient (Wildman–Crippen LogP) is 1.47. The molecule has 1 aromatic carbocycles. The zero-order chi connectivity index (χ0) is 16.4. The highest BCUT2D eigenvalue weighted by molar-refractivity contribution is 6.00. The van der Waals surface area contributed by atoms with Crippen LogP contribution in [0.2, 0.25) is 0 Å². The fourth-order valence-electron chi connectivity index (χ4n) is 2.81. The number of amides is 2. The molecule has 3 rings (SSSR count). The van der Waals surface area contributed by atoms with Gasteiger partial charge in [0.25, 0.3) is 5.91 Å². The summed E-state index contributed by atoms with van der Waals surface area (Å²) < 4.78 is 5.59. The van der Waals surface area contributed by atoms with Crippen molar-refractivity contribution in [2.45, 2.75) is 38.3 Å². The standard InChI is InChI=1S/C17H23N3O3.ClH/c1-11-17(22)20(14-4-2-3-5-15(14)23-11)9-8-16(21)19-10-13(18)12-6-7-12;/h2-5,11-13H,6-10,18H2,1H3,(H,19,21);1H. The van der Waals surface area contributed by atoms with Crippen molar-refractivity contribution in [3.63, 3.8) is 0 Å². The zero-order valence-corrected chi connectivity index (χ0v) is 14.6. The van der Waals surface area contributed by atoms with Gasteiger partial charge in [0.2, 0.25) is 5.91 Å². The normalized spacial score (nSPS) is 20.5. The Labute approximate surface area is 148 Å². The Hall–Kier alpha value is -1.79. The van der Waals surface area contributed by atoms with E-state index in [4.69, 9.17) is 10.5 Å². The topological polar surface area (TPSA) is 84.7 Å². The van der Waals surface area contributed by atoms with E-state index in [1.807, 2.05) is 24.3 Å². The van der Waals surface area contributed by atoms with E-state index in [-0.39, 0.29) is 36.7 Å². The molecule has 2 unspecified atom stereocenters. The minimum atomic E-state index is -0.531. The summed E-state index contributed by atoms with van der Waals surface area (Å²) in [6.45, 7) is 2.57. The van der Waals surface area contributed by atoms with E-state index < -0.39 is 6.10 Å². The van der Waals surface area contributed by atoms with Crippen LogP contribution < -0.4 is 20.7 Å². The van der Waals surface area contributed by atoms with Gasteiger partial charge in [-0.25, -0.2) is 0 Å². The SMILES string of the molecule is CC1Oc2ccccc2N(CCC(=O)NCC(N)C2CC2)C1=O.Cl. The highest BCUT2D eigenvalue weighted by Gasteiger charge is 2.31. The average molecular weight is 354 g/mol. The van der Waals surface area contributed by atoms with Gasteiger partial charge in [-0.05, 0) is 37.8 Å². The predicted molar refractivity (Wildman–Crippen MR) is 94.5 cm³/mol. The molecule has 1 saturated carbocycles. The third-order valence-corrected chi connectivity index (χ3v) is 4.40.